The van der Waals surface area contributed by atoms with Crippen LogP contribution in [0.15, 0.2) is 71.5 Å². The number of fused-ring (bicyclic) bond motifs is 2. The quantitative estimate of drug-likeness (QED) is 0.417. The van der Waals surface area contributed by atoms with Gasteiger partial charge in [0.1, 0.15) is 5.75 Å². The highest BCUT2D eigenvalue weighted by molar-refractivity contribution is 6.11. The fraction of sp³-hybridized carbons (Fsp3) is 0.0435. The van der Waals surface area contributed by atoms with Crippen LogP contribution in [0.5, 0.6) is 5.75 Å². The molecule has 152 valence electrons. The highest BCUT2D eigenvalue weighted by Crippen LogP contribution is 2.32. The van der Waals surface area contributed by atoms with E-state index in [1.54, 1.807) is 24.3 Å². The van der Waals surface area contributed by atoms with Crippen molar-refractivity contribution in [2.75, 3.05) is 12.4 Å². The Kier molecular flexibility index (Phi) is 4.44. The molecular weight excluding hydrogens is 394 g/mol. The molecule has 0 spiro atoms. The number of aromatic amines is 2. The molecule has 31 heavy (non-hydrogen) atoms. The molecule has 0 saturated heterocycles. The van der Waals surface area contributed by atoms with Crippen molar-refractivity contribution < 1.29 is 9.53 Å². The predicted molar refractivity (Wildman–Crippen MR) is 118 cm³/mol. The Morgan fingerprint density at radius 1 is 0.903 bits per heavy atom. The van der Waals surface area contributed by atoms with Crippen LogP contribution in [0.2, 0.25) is 0 Å². The van der Waals surface area contributed by atoms with Crippen LogP contribution in [-0.2, 0) is 0 Å². The van der Waals surface area contributed by atoms with E-state index in [9.17, 15) is 9.59 Å². The molecule has 0 aliphatic carbocycles. The first-order valence-corrected chi connectivity index (χ1v) is 9.56. The third kappa shape index (κ3) is 3.20. The average molecular weight is 411 g/mol. The highest BCUT2D eigenvalue weighted by Gasteiger charge is 2.17. The minimum Gasteiger partial charge on any atom is -0.495 e. The standard InChI is InChI=1S/C23H17N5O3/c1-31-19-12-13(20-14-6-2-3-7-15(14)22(29)28-26-20)10-11-18(19)24-23(30)21-16-8-4-5-9-17(16)25-27-21/h2-12H,1H3,(H,24,30)(H,25,27)(H,28,29). The van der Waals surface area contributed by atoms with Crippen molar-refractivity contribution in [3.8, 4) is 17.0 Å². The number of amides is 1. The van der Waals surface area contributed by atoms with Crippen molar-refractivity contribution in [1.82, 2.24) is 20.4 Å². The average Bonchev–Trinajstić information content (AvgIpc) is 3.24. The molecule has 0 unspecified atom stereocenters. The largest absolute Gasteiger partial charge is 0.495 e. The summed E-state index contributed by atoms with van der Waals surface area (Å²) in [5, 5.41) is 18.6. The highest BCUT2D eigenvalue weighted by atomic mass is 16.5. The van der Waals surface area contributed by atoms with Gasteiger partial charge in [0.25, 0.3) is 11.5 Å². The number of carbonyl (C=O) groups excluding carboxylic acids is 1. The van der Waals surface area contributed by atoms with Crippen molar-refractivity contribution >= 4 is 33.3 Å². The van der Waals surface area contributed by atoms with E-state index in [0.717, 1.165) is 21.9 Å². The van der Waals surface area contributed by atoms with Crippen molar-refractivity contribution in [3.05, 3.63) is 82.8 Å². The Hall–Kier alpha value is -4.46. The van der Waals surface area contributed by atoms with Crippen LogP contribution in [0.1, 0.15) is 10.5 Å². The van der Waals surface area contributed by atoms with Gasteiger partial charge in [-0.2, -0.15) is 10.2 Å². The maximum Gasteiger partial charge on any atom is 0.276 e. The summed E-state index contributed by atoms with van der Waals surface area (Å²) in [6, 6.07) is 20.0. The molecule has 0 atom stereocenters. The normalized spacial score (nSPS) is 11.0. The molecule has 3 N–H and O–H groups in total. The number of aromatic nitrogens is 4. The topological polar surface area (TPSA) is 113 Å². The summed E-state index contributed by atoms with van der Waals surface area (Å²) in [7, 11) is 1.52. The molecule has 5 rings (SSSR count). The van der Waals surface area contributed by atoms with Crippen LogP contribution < -0.4 is 15.6 Å². The van der Waals surface area contributed by atoms with Gasteiger partial charge >= 0.3 is 0 Å². The van der Waals surface area contributed by atoms with Crippen LogP contribution in [-0.4, -0.2) is 33.4 Å². The minimum absolute atomic E-state index is 0.249. The number of H-pyrrole nitrogens is 2. The summed E-state index contributed by atoms with van der Waals surface area (Å²) in [5.74, 6) is 0.110. The van der Waals surface area contributed by atoms with Crippen LogP contribution in [0.3, 0.4) is 0 Å². The van der Waals surface area contributed by atoms with Crippen LogP contribution in [0.25, 0.3) is 32.9 Å². The second-order valence-corrected chi connectivity index (χ2v) is 6.93. The molecule has 1 amide bonds. The lowest BCUT2D eigenvalue weighted by Gasteiger charge is -2.12. The van der Waals surface area contributed by atoms with E-state index in [2.05, 4.69) is 25.7 Å². The van der Waals surface area contributed by atoms with E-state index in [1.807, 2.05) is 42.5 Å². The number of methoxy groups -OCH3 is 1. The monoisotopic (exact) mass is 411 g/mol. The third-order valence-corrected chi connectivity index (χ3v) is 5.10. The number of rotatable bonds is 4. The van der Waals surface area contributed by atoms with E-state index in [0.29, 0.717) is 28.2 Å². The number of nitrogens with one attached hydrogen (secondary N) is 3. The van der Waals surface area contributed by atoms with E-state index in [1.165, 1.54) is 7.11 Å². The minimum atomic E-state index is -0.351. The van der Waals surface area contributed by atoms with E-state index < -0.39 is 0 Å². The van der Waals surface area contributed by atoms with Crippen LogP contribution in [0, 0.1) is 0 Å². The molecule has 3 aromatic carbocycles. The second kappa shape index (κ2) is 7.42. The molecule has 8 nitrogen and oxygen atoms in total. The van der Waals surface area contributed by atoms with E-state index >= 15 is 0 Å². The Morgan fingerprint density at radius 3 is 2.45 bits per heavy atom. The number of carbonyl (C=O) groups is 1. The SMILES string of the molecule is COc1cc(-c2n[nH]c(=O)c3ccccc23)ccc1NC(=O)c1n[nH]c2ccccc12. The smallest absolute Gasteiger partial charge is 0.276 e. The maximum atomic E-state index is 12.8. The predicted octanol–water partition coefficient (Wildman–Crippen LogP) is 3.73. The molecule has 0 aliphatic heterocycles. The van der Waals surface area contributed by atoms with Gasteiger partial charge < -0.3 is 10.1 Å². The van der Waals surface area contributed by atoms with Crippen molar-refractivity contribution in [2.45, 2.75) is 0 Å². The number of anilines is 1. The van der Waals surface area contributed by atoms with Gasteiger partial charge in [0, 0.05) is 16.3 Å². The van der Waals surface area contributed by atoms with Crippen molar-refractivity contribution in [2.24, 2.45) is 0 Å². The number of ether oxygens (including phenoxy) is 1. The van der Waals surface area contributed by atoms with Gasteiger partial charge in [-0.15, -0.1) is 0 Å². The van der Waals surface area contributed by atoms with Crippen molar-refractivity contribution in [1.29, 1.82) is 0 Å². The first-order valence-electron chi connectivity index (χ1n) is 9.56. The molecule has 0 bridgehead atoms. The lowest BCUT2D eigenvalue weighted by molar-refractivity contribution is 0.102. The van der Waals surface area contributed by atoms with Gasteiger partial charge in [0.2, 0.25) is 0 Å². The summed E-state index contributed by atoms with van der Waals surface area (Å²) in [6.07, 6.45) is 0. The Morgan fingerprint density at radius 2 is 1.65 bits per heavy atom. The molecular formula is C23H17N5O3. The van der Waals surface area contributed by atoms with Crippen LogP contribution >= 0.6 is 0 Å². The number of benzene rings is 3. The fourth-order valence-electron chi connectivity index (χ4n) is 3.59. The number of hydrogen-bond acceptors (Lipinski definition) is 5. The second-order valence-electron chi connectivity index (χ2n) is 6.93. The van der Waals surface area contributed by atoms with E-state index in [-0.39, 0.29) is 11.5 Å². The van der Waals surface area contributed by atoms with Crippen molar-refractivity contribution in [3.63, 3.8) is 0 Å². The number of nitrogens with zero attached hydrogens (tertiary/aromatic N) is 2. The molecule has 0 saturated carbocycles. The molecule has 0 radical (unpaired) electrons. The van der Waals surface area contributed by atoms with Crippen LogP contribution in [0.4, 0.5) is 5.69 Å². The summed E-state index contributed by atoms with van der Waals surface area (Å²) in [4.78, 5) is 24.9. The summed E-state index contributed by atoms with van der Waals surface area (Å²) < 4.78 is 5.51. The zero-order valence-corrected chi connectivity index (χ0v) is 16.5. The Labute approximate surface area is 175 Å². The summed E-state index contributed by atoms with van der Waals surface area (Å²) >= 11 is 0. The zero-order valence-electron chi connectivity index (χ0n) is 16.5. The number of para-hydroxylation sites is 1. The van der Waals surface area contributed by atoms with Gasteiger partial charge in [-0.25, -0.2) is 5.10 Å². The molecule has 2 aromatic heterocycles. The lowest BCUT2D eigenvalue weighted by atomic mass is 10.0. The first kappa shape index (κ1) is 18.6. The zero-order chi connectivity index (χ0) is 21.4. The molecule has 0 fully saturated rings. The van der Waals surface area contributed by atoms with Gasteiger partial charge in [-0.3, -0.25) is 14.7 Å². The Bertz CT molecular complexity index is 1500. The van der Waals surface area contributed by atoms with Gasteiger partial charge in [-0.1, -0.05) is 42.5 Å². The lowest BCUT2D eigenvalue weighted by Crippen LogP contribution is -2.13. The number of hydrogen-bond donors (Lipinski definition) is 3. The third-order valence-electron chi connectivity index (χ3n) is 5.10. The summed E-state index contributed by atoms with van der Waals surface area (Å²) in [6.45, 7) is 0. The molecule has 2 heterocycles. The van der Waals surface area contributed by atoms with E-state index in [4.69, 9.17) is 4.74 Å². The summed E-state index contributed by atoms with van der Waals surface area (Å²) in [5.41, 5.74) is 2.69. The maximum absolute atomic E-state index is 12.8. The Balaban J connectivity index is 1.52. The molecule has 8 heteroatoms. The molecule has 0 aliphatic rings. The van der Waals surface area contributed by atoms with Gasteiger partial charge in [0.05, 0.1) is 29.4 Å². The van der Waals surface area contributed by atoms with Gasteiger partial charge in [0.15, 0.2) is 5.69 Å². The van der Waals surface area contributed by atoms with Gasteiger partial charge in [-0.05, 0) is 24.3 Å². The molecule has 5 aromatic rings. The first-order chi connectivity index (χ1) is 15.2. The fourth-order valence-corrected chi connectivity index (χ4v) is 3.59.